The maximum absolute atomic E-state index is 12.7. The van der Waals surface area contributed by atoms with Crippen LogP contribution in [0.2, 0.25) is 0 Å². The fourth-order valence-electron chi connectivity index (χ4n) is 2.92. The lowest BCUT2D eigenvalue weighted by molar-refractivity contribution is 0.0659. The van der Waals surface area contributed by atoms with Crippen molar-refractivity contribution < 1.29 is 9.90 Å². The first kappa shape index (κ1) is 14.3. The standard InChI is InChI=1S/C15H19N3O2S/c16-12-13-11(4-1-6-17-13)21-14(12)15(20)18-7-2-3-10(9-18)5-8-19/h1,4,6,10,19H,2-3,5,7-9,16H2. The Hall–Kier alpha value is -1.66. The molecule has 1 saturated heterocycles. The van der Waals surface area contributed by atoms with Crippen molar-refractivity contribution in [2.24, 2.45) is 5.92 Å². The smallest absolute Gasteiger partial charge is 0.266 e. The Morgan fingerprint density at radius 1 is 1.57 bits per heavy atom. The van der Waals surface area contributed by atoms with E-state index in [9.17, 15) is 4.79 Å². The molecule has 112 valence electrons. The molecule has 1 unspecified atom stereocenters. The van der Waals surface area contributed by atoms with Crippen LogP contribution in [0.1, 0.15) is 28.9 Å². The van der Waals surface area contributed by atoms with Gasteiger partial charge in [0.25, 0.3) is 5.91 Å². The van der Waals surface area contributed by atoms with Crippen LogP contribution in [0.5, 0.6) is 0 Å². The third-order valence-corrected chi connectivity index (χ3v) is 5.17. The molecule has 3 N–H and O–H groups in total. The molecule has 3 rings (SSSR count). The van der Waals surface area contributed by atoms with Crippen LogP contribution in [0.4, 0.5) is 5.69 Å². The quantitative estimate of drug-likeness (QED) is 0.910. The zero-order chi connectivity index (χ0) is 14.8. The Balaban J connectivity index is 1.84. The first-order chi connectivity index (χ1) is 10.2. The van der Waals surface area contributed by atoms with E-state index in [0.29, 0.717) is 23.0 Å². The van der Waals surface area contributed by atoms with Crippen LogP contribution in [0.25, 0.3) is 10.2 Å². The van der Waals surface area contributed by atoms with E-state index in [1.807, 2.05) is 17.0 Å². The van der Waals surface area contributed by atoms with Crippen molar-refractivity contribution >= 4 is 33.1 Å². The van der Waals surface area contributed by atoms with Gasteiger partial charge in [-0.05, 0) is 37.3 Å². The van der Waals surface area contributed by atoms with Crippen molar-refractivity contribution in [1.29, 1.82) is 0 Å². The minimum absolute atomic E-state index is 0.00172. The zero-order valence-corrected chi connectivity index (χ0v) is 12.6. The minimum atomic E-state index is -0.00172. The number of carbonyl (C=O) groups excluding carboxylic acids is 1. The molecule has 21 heavy (non-hydrogen) atoms. The first-order valence-corrected chi connectivity index (χ1v) is 8.05. The lowest BCUT2D eigenvalue weighted by Gasteiger charge is -2.32. The second-order valence-electron chi connectivity index (χ2n) is 5.47. The van der Waals surface area contributed by atoms with Gasteiger partial charge in [-0.25, -0.2) is 0 Å². The van der Waals surface area contributed by atoms with Gasteiger partial charge in [0.1, 0.15) is 10.4 Å². The van der Waals surface area contributed by atoms with Crippen LogP contribution in [0, 0.1) is 5.92 Å². The summed E-state index contributed by atoms with van der Waals surface area (Å²) in [6.45, 7) is 1.66. The van der Waals surface area contributed by atoms with E-state index < -0.39 is 0 Å². The number of thiophene rings is 1. The van der Waals surface area contributed by atoms with Crippen LogP contribution < -0.4 is 5.73 Å². The number of pyridine rings is 1. The molecule has 6 heteroatoms. The van der Waals surface area contributed by atoms with E-state index in [0.717, 1.165) is 36.0 Å². The van der Waals surface area contributed by atoms with Crippen molar-refractivity contribution in [2.75, 3.05) is 25.4 Å². The average molecular weight is 305 g/mol. The second-order valence-corrected chi connectivity index (χ2v) is 6.52. The summed E-state index contributed by atoms with van der Waals surface area (Å²) in [6, 6.07) is 3.79. The van der Waals surface area contributed by atoms with Crippen molar-refractivity contribution in [2.45, 2.75) is 19.3 Å². The van der Waals surface area contributed by atoms with E-state index in [1.54, 1.807) is 6.20 Å². The van der Waals surface area contributed by atoms with Gasteiger partial charge < -0.3 is 15.7 Å². The number of anilines is 1. The van der Waals surface area contributed by atoms with Crippen molar-refractivity contribution in [3.8, 4) is 0 Å². The number of piperidine rings is 1. The summed E-state index contributed by atoms with van der Waals surface area (Å²) >= 11 is 1.41. The van der Waals surface area contributed by atoms with Crippen molar-refractivity contribution in [1.82, 2.24) is 9.88 Å². The average Bonchev–Trinajstić information content (AvgIpc) is 2.85. The van der Waals surface area contributed by atoms with Gasteiger partial charge in [-0.2, -0.15) is 0 Å². The zero-order valence-electron chi connectivity index (χ0n) is 11.8. The number of likely N-dealkylation sites (tertiary alicyclic amines) is 1. The maximum atomic E-state index is 12.7. The second kappa shape index (κ2) is 5.99. The Kier molecular flexibility index (Phi) is 4.07. The molecule has 1 atom stereocenters. The van der Waals surface area contributed by atoms with Gasteiger partial charge in [0, 0.05) is 25.9 Å². The number of nitrogens with zero attached hydrogens (tertiary/aromatic N) is 2. The lowest BCUT2D eigenvalue weighted by atomic mass is 9.95. The lowest BCUT2D eigenvalue weighted by Crippen LogP contribution is -2.40. The number of hydrogen-bond donors (Lipinski definition) is 2. The van der Waals surface area contributed by atoms with Gasteiger partial charge in [-0.15, -0.1) is 11.3 Å². The number of aromatic nitrogens is 1. The summed E-state index contributed by atoms with van der Waals surface area (Å²) in [5, 5.41) is 9.07. The summed E-state index contributed by atoms with van der Waals surface area (Å²) in [7, 11) is 0. The predicted molar refractivity (Wildman–Crippen MR) is 84.4 cm³/mol. The molecule has 0 spiro atoms. The normalized spacial score (nSPS) is 19.1. The van der Waals surface area contributed by atoms with Crippen molar-refractivity contribution in [3.05, 3.63) is 23.2 Å². The Morgan fingerprint density at radius 2 is 2.43 bits per heavy atom. The number of nitrogens with two attached hydrogens (primary N) is 1. The molecule has 5 nitrogen and oxygen atoms in total. The van der Waals surface area contributed by atoms with E-state index >= 15 is 0 Å². The Bertz CT molecular complexity index is 653. The molecule has 0 aliphatic carbocycles. The molecule has 2 aromatic rings. The summed E-state index contributed by atoms with van der Waals surface area (Å²) < 4.78 is 0.947. The van der Waals surface area contributed by atoms with Gasteiger partial charge in [-0.3, -0.25) is 9.78 Å². The summed E-state index contributed by atoms with van der Waals surface area (Å²) in [5.74, 6) is 0.388. The Morgan fingerprint density at radius 3 is 3.19 bits per heavy atom. The number of amides is 1. The molecule has 1 amide bonds. The molecular weight excluding hydrogens is 286 g/mol. The molecule has 0 saturated carbocycles. The van der Waals surface area contributed by atoms with Gasteiger partial charge in [0.05, 0.1) is 10.4 Å². The van der Waals surface area contributed by atoms with Crippen LogP contribution in [-0.4, -0.2) is 40.6 Å². The number of aliphatic hydroxyl groups is 1. The third-order valence-electron chi connectivity index (χ3n) is 4.02. The van der Waals surface area contributed by atoms with E-state index in [4.69, 9.17) is 10.8 Å². The predicted octanol–water partition coefficient (Wildman–Crippen LogP) is 2.11. The SMILES string of the molecule is Nc1c(C(=O)N2CCCC(CCO)C2)sc2cccnc12. The molecule has 1 fully saturated rings. The maximum Gasteiger partial charge on any atom is 0.266 e. The number of rotatable bonds is 3. The van der Waals surface area contributed by atoms with Gasteiger partial charge in [0.2, 0.25) is 0 Å². The fourth-order valence-corrected chi connectivity index (χ4v) is 3.97. The molecule has 0 bridgehead atoms. The Labute approximate surface area is 127 Å². The number of hydrogen-bond acceptors (Lipinski definition) is 5. The molecule has 1 aliphatic rings. The molecule has 2 aromatic heterocycles. The van der Waals surface area contributed by atoms with Crippen LogP contribution in [0.15, 0.2) is 18.3 Å². The molecule has 1 aliphatic heterocycles. The highest BCUT2D eigenvalue weighted by molar-refractivity contribution is 7.21. The monoisotopic (exact) mass is 305 g/mol. The topological polar surface area (TPSA) is 79.5 Å². The van der Waals surface area contributed by atoms with Crippen molar-refractivity contribution in [3.63, 3.8) is 0 Å². The highest BCUT2D eigenvalue weighted by Crippen LogP contribution is 2.33. The highest BCUT2D eigenvalue weighted by atomic mass is 32.1. The summed E-state index contributed by atoms with van der Waals surface area (Å²) in [4.78, 5) is 19.4. The van der Waals surface area contributed by atoms with Gasteiger partial charge in [-0.1, -0.05) is 0 Å². The minimum Gasteiger partial charge on any atom is -0.396 e. The summed E-state index contributed by atoms with van der Waals surface area (Å²) in [6.07, 6.45) is 4.51. The van der Waals surface area contributed by atoms with Crippen LogP contribution >= 0.6 is 11.3 Å². The van der Waals surface area contributed by atoms with Gasteiger partial charge >= 0.3 is 0 Å². The summed E-state index contributed by atoms with van der Waals surface area (Å²) in [5.41, 5.74) is 7.31. The number of nitrogen functional groups attached to an aromatic ring is 1. The van der Waals surface area contributed by atoms with Crippen LogP contribution in [-0.2, 0) is 0 Å². The number of aliphatic hydroxyl groups excluding tert-OH is 1. The largest absolute Gasteiger partial charge is 0.396 e. The number of carbonyl (C=O) groups is 1. The van der Waals surface area contributed by atoms with Gasteiger partial charge in [0.15, 0.2) is 0 Å². The fraction of sp³-hybridized carbons (Fsp3) is 0.467. The van der Waals surface area contributed by atoms with E-state index in [2.05, 4.69) is 4.98 Å². The first-order valence-electron chi connectivity index (χ1n) is 7.24. The molecule has 0 radical (unpaired) electrons. The third kappa shape index (κ3) is 2.73. The molecule has 3 heterocycles. The highest BCUT2D eigenvalue weighted by Gasteiger charge is 2.27. The van der Waals surface area contributed by atoms with E-state index in [-0.39, 0.29) is 12.5 Å². The molecule has 0 aromatic carbocycles. The van der Waals surface area contributed by atoms with Crippen LogP contribution in [0.3, 0.4) is 0 Å². The number of fused-ring (bicyclic) bond motifs is 1. The molecular formula is C15H19N3O2S. The van der Waals surface area contributed by atoms with E-state index in [1.165, 1.54) is 11.3 Å².